The first-order chi connectivity index (χ1) is 10.2. The molecule has 0 aliphatic carbocycles. The van der Waals surface area contributed by atoms with Gasteiger partial charge in [-0.15, -0.1) is 0 Å². The molecule has 0 saturated heterocycles. The Bertz CT molecular complexity index is 514. The maximum absolute atomic E-state index is 12.0. The van der Waals surface area contributed by atoms with Crippen LogP contribution in [0.25, 0.3) is 0 Å². The molecule has 0 bridgehead atoms. The molecule has 114 valence electrons. The fraction of sp³-hybridized carbons (Fsp3) is 0.500. The van der Waals surface area contributed by atoms with Crippen LogP contribution in [0.4, 0.5) is 5.69 Å². The Balaban J connectivity index is 1.64. The number of carboxylic acids is 1. The normalized spacial score (nSPS) is 12.6. The topological polar surface area (TPSA) is 78.4 Å². The number of unbranched alkanes of at least 4 members (excludes halogenated alkanes) is 3. The first-order valence-corrected chi connectivity index (χ1v) is 7.53. The Labute approximate surface area is 124 Å². The number of aliphatic carboxylic acids is 1. The van der Waals surface area contributed by atoms with E-state index in [1.165, 1.54) is 5.56 Å². The molecular weight excluding hydrogens is 268 g/mol. The second kappa shape index (κ2) is 7.67. The zero-order chi connectivity index (χ0) is 15.1. The van der Waals surface area contributed by atoms with Gasteiger partial charge in [0.25, 0.3) is 5.91 Å². The molecule has 0 aromatic heterocycles. The monoisotopic (exact) mass is 290 g/mol. The van der Waals surface area contributed by atoms with Crippen molar-refractivity contribution >= 4 is 17.6 Å². The Morgan fingerprint density at radius 1 is 1.19 bits per heavy atom. The minimum absolute atomic E-state index is 0.0444. The van der Waals surface area contributed by atoms with Crippen molar-refractivity contribution in [2.75, 3.05) is 18.4 Å². The standard InChI is InChI=1S/C16H22N2O3/c19-15(20)5-3-1-2-4-9-18-16(21)13-7-6-12-8-10-17-14(12)11-13/h6-7,11,17H,1-5,8-10H2,(H,18,21)(H,19,20). The summed E-state index contributed by atoms with van der Waals surface area (Å²) in [4.78, 5) is 22.4. The lowest BCUT2D eigenvalue weighted by Gasteiger charge is -2.07. The maximum atomic E-state index is 12.0. The van der Waals surface area contributed by atoms with E-state index in [9.17, 15) is 9.59 Å². The van der Waals surface area contributed by atoms with E-state index in [0.717, 1.165) is 37.9 Å². The van der Waals surface area contributed by atoms with Gasteiger partial charge in [0.2, 0.25) is 0 Å². The summed E-state index contributed by atoms with van der Waals surface area (Å²) in [6.07, 6.45) is 4.68. The van der Waals surface area contributed by atoms with Crippen molar-refractivity contribution in [3.8, 4) is 0 Å². The highest BCUT2D eigenvalue weighted by molar-refractivity contribution is 5.95. The molecule has 1 aromatic carbocycles. The van der Waals surface area contributed by atoms with Gasteiger partial charge in [-0.3, -0.25) is 9.59 Å². The van der Waals surface area contributed by atoms with Crippen LogP contribution in [0.1, 0.15) is 48.0 Å². The molecule has 0 spiro atoms. The largest absolute Gasteiger partial charge is 0.481 e. The molecule has 1 amide bonds. The van der Waals surface area contributed by atoms with Gasteiger partial charge in [-0.05, 0) is 37.0 Å². The summed E-state index contributed by atoms with van der Waals surface area (Å²) in [5, 5.41) is 14.7. The Kier molecular flexibility index (Phi) is 5.60. The number of rotatable bonds is 8. The first-order valence-electron chi connectivity index (χ1n) is 7.53. The van der Waals surface area contributed by atoms with Gasteiger partial charge >= 0.3 is 5.97 Å². The lowest BCUT2D eigenvalue weighted by Crippen LogP contribution is -2.24. The number of anilines is 1. The van der Waals surface area contributed by atoms with Crippen LogP contribution in [0.2, 0.25) is 0 Å². The Morgan fingerprint density at radius 2 is 2.00 bits per heavy atom. The van der Waals surface area contributed by atoms with Crippen LogP contribution >= 0.6 is 0 Å². The molecule has 0 atom stereocenters. The maximum Gasteiger partial charge on any atom is 0.303 e. The lowest BCUT2D eigenvalue weighted by atomic mass is 10.1. The number of carbonyl (C=O) groups excluding carboxylic acids is 1. The second-order valence-corrected chi connectivity index (χ2v) is 5.36. The van der Waals surface area contributed by atoms with E-state index in [1.807, 2.05) is 18.2 Å². The molecule has 0 radical (unpaired) electrons. The lowest BCUT2D eigenvalue weighted by molar-refractivity contribution is -0.137. The number of hydrogen-bond donors (Lipinski definition) is 3. The van der Waals surface area contributed by atoms with E-state index in [2.05, 4.69) is 10.6 Å². The molecule has 5 nitrogen and oxygen atoms in total. The minimum atomic E-state index is -0.742. The highest BCUT2D eigenvalue weighted by Crippen LogP contribution is 2.23. The van der Waals surface area contributed by atoms with Crippen molar-refractivity contribution in [3.63, 3.8) is 0 Å². The number of carboxylic acid groups (broad SMARTS) is 1. The van der Waals surface area contributed by atoms with Gasteiger partial charge < -0.3 is 15.7 Å². The third-order valence-corrected chi connectivity index (χ3v) is 3.68. The van der Waals surface area contributed by atoms with E-state index >= 15 is 0 Å². The van der Waals surface area contributed by atoms with Gasteiger partial charge in [0.15, 0.2) is 0 Å². The number of hydrogen-bond acceptors (Lipinski definition) is 3. The SMILES string of the molecule is O=C(O)CCCCCCNC(=O)c1ccc2c(c1)NCC2. The summed E-state index contributed by atoms with van der Waals surface area (Å²) in [7, 11) is 0. The second-order valence-electron chi connectivity index (χ2n) is 5.36. The summed E-state index contributed by atoms with van der Waals surface area (Å²) >= 11 is 0. The number of amides is 1. The van der Waals surface area contributed by atoms with Gasteiger partial charge in [0.1, 0.15) is 0 Å². The summed E-state index contributed by atoms with van der Waals surface area (Å²) in [5.41, 5.74) is 3.02. The van der Waals surface area contributed by atoms with E-state index in [1.54, 1.807) is 0 Å². The third kappa shape index (κ3) is 4.77. The molecule has 3 N–H and O–H groups in total. The molecule has 1 aliphatic heterocycles. The first kappa shape index (κ1) is 15.4. The quantitative estimate of drug-likeness (QED) is 0.642. The minimum Gasteiger partial charge on any atom is -0.481 e. The third-order valence-electron chi connectivity index (χ3n) is 3.68. The number of nitrogens with one attached hydrogen (secondary N) is 2. The van der Waals surface area contributed by atoms with Gasteiger partial charge in [-0.25, -0.2) is 0 Å². The van der Waals surface area contributed by atoms with Crippen molar-refractivity contribution in [1.82, 2.24) is 5.32 Å². The zero-order valence-electron chi connectivity index (χ0n) is 12.2. The molecule has 0 fully saturated rings. The molecule has 21 heavy (non-hydrogen) atoms. The van der Waals surface area contributed by atoms with Crippen LogP contribution in [-0.4, -0.2) is 30.1 Å². The van der Waals surface area contributed by atoms with Crippen LogP contribution in [0.3, 0.4) is 0 Å². The highest BCUT2D eigenvalue weighted by Gasteiger charge is 2.12. The number of benzene rings is 1. The van der Waals surface area contributed by atoms with Crippen LogP contribution in [0.5, 0.6) is 0 Å². The average Bonchev–Trinajstić information content (AvgIpc) is 2.93. The van der Waals surface area contributed by atoms with Crippen LogP contribution in [0, 0.1) is 0 Å². The van der Waals surface area contributed by atoms with Gasteiger partial charge in [-0.1, -0.05) is 18.9 Å². The van der Waals surface area contributed by atoms with Crippen molar-refractivity contribution in [2.45, 2.75) is 38.5 Å². The zero-order valence-corrected chi connectivity index (χ0v) is 12.2. The van der Waals surface area contributed by atoms with E-state index in [0.29, 0.717) is 18.5 Å². The molecule has 2 rings (SSSR count). The predicted molar refractivity (Wildman–Crippen MR) is 81.7 cm³/mol. The molecule has 5 heteroatoms. The molecule has 1 aromatic rings. The van der Waals surface area contributed by atoms with Gasteiger partial charge in [-0.2, -0.15) is 0 Å². The highest BCUT2D eigenvalue weighted by atomic mass is 16.4. The molecule has 1 aliphatic rings. The molecular formula is C16H22N2O3. The predicted octanol–water partition coefficient (Wildman–Crippen LogP) is 2.42. The fourth-order valence-electron chi connectivity index (χ4n) is 2.49. The van der Waals surface area contributed by atoms with Gasteiger partial charge in [0.05, 0.1) is 0 Å². The smallest absolute Gasteiger partial charge is 0.303 e. The summed E-state index contributed by atoms with van der Waals surface area (Å²) in [6.45, 7) is 1.58. The van der Waals surface area contributed by atoms with Crippen molar-refractivity contribution < 1.29 is 14.7 Å². The average molecular weight is 290 g/mol. The van der Waals surface area contributed by atoms with Crippen LogP contribution in [-0.2, 0) is 11.2 Å². The van der Waals surface area contributed by atoms with Crippen LogP contribution < -0.4 is 10.6 Å². The fourth-order valence-corrected chi connectivity index (χ4v) is 2.49. The summed E-state index contributed by atoms with van der Waals surface area (Å²) in [5.74, 6) is -0.787. The van der Waals surface area contributed by atoms with E-state index in [4.69, 9.17) is 5.11 Å². The van der Waals surface area contributed by atoms with Gasteiger partial charge in [0, 0.05) is 30.8 Å². The Hall–Kier alpha value is -2.04. The number of fused-ring (bicyclic) bond motifs is 1. The number of carbonyl (C=O) groups is 2. The molecule has 1 heterocycles. The van der Waals surface area contributed by atoms with Crippen LogP contribution in [0.15, 0.2) is 18.2 Å². The van der Waals surface area contributed by atoms with Crippen molar-refractivity contribution in [3.05, 3.63) is 29.3 Å². The summed E-state index contributed by atoms with van der Waals surface area (Å²) < 4.78 is 0. The van der Waals surface area contributed by atoms with Crippen molar-refractivity contribution in [1.29, 1.82) is 0 Å². The summed E-state index contributed by atoms with van der Waals surface area (Å²) in [6, 6.07) is 5.79. The molecule has 0 saturated carbocycles. The van der Waals surface area contributed by atoms with Crippen molar-refractivity contribution in [2.24, 2.45) is 0 Å². The molecule has 0 unspecified atom stereocenters. The van der Waals surface area contributed by atoms with E-state index in [-0.39, 0.29) is 12.3 Å². The van der Waals surface area contributed by atoms with E-state index < -0.39 is 5.97 Å². The Morgan fingerprint density at radius 3 is 2.81 bits per heavy atom.